The summed E-state index contributed by atoms with van der Waals surface area (Å²) in [6.45, 7) is 1.35. The molecule has 0 saturated carbocycles. The van der Waals surface area contributed by atoms with Crippen LogP contribution in [0.2, 0.25) is 5.02 Å². The van der Waals surface area contributed by atoms with E-state index in [-0.39, 0.29) is 35.4 Å². The Balaban J connectivity index is 1.82. The number of methoxy groups -OCH3 is 1. The van der Waals surface area contributed by atoms with Crippen molar-refractivity contribution in [1.82, 2.24) is 10.6 Å². The van der Waals surface area contributed by atoms with Crippen molar-refractivity contribution in [3.63, 3.8) is 0 Å². The standard InChI is InChI=1S/C14H18ClFN2O3/c1-20-13-7-17-5-4-12(13)18-14(19)8-21-9-2-3-10(15)11(16)6-9/h2-3,6,12-13,17H,4-5,7-8H2,1H3,(H,18,19)/t12-,13+/m0/s1. The second-order valence-corrected chi connectivity index (χ2v) is 5.21. The zero-order valence-electron chi connectivity index (χ0n) is 11.7. The molecule has 1 aliphatic rings. The third-order valence-corrected chi connectivity index (χ3v) is 3.64. The Bertz CT molecular complexity index is 501. The van der Waals surface area contributed by atoms with Gasteiger partial charge in [-0.3, -0.25) is 4.79 Å². The van der Waals surface area contributed by atoms with Crippen LogP contribution in [0.3, 0.4) is 0 Å². The third kappa shape index (κ3) is 4.56. The van der Waals surface area contributed by atoms with Crippen molar-refractivity contribution in [1.29, 1.82) is 0 Å². The highest BCUT2D eigenvalue weighted by atomic mass is 35.5. The molecule has 1 amide bonds. The first-order valence-electron chi connectivity index (χ1n) is 6.71. The van der Waals surface area contributed by atoms with Crippen LogP contribution in [0.15, 0.2) is 18.2 Å². The molecule has 1 aromatic rings. The first kappa shape index (κ1) is 16.0. The largest absolute Gasteiger partial charge is 0.484 e. The lowest BCUT2D eigenvalue weighted by molar-refractivity contribution is -0.125. The van der Waals surface area contributed by atoms with Gasteiger partial charge in [0.2, 0.25) is 0 Å². The van der Waals surface area contributed by atoms with E-state index in [0.29, 0.717) is 6.54 Å². The number of halogens is 2. The Morgan fingerprint density at radius 3 is 3.10 bits per heavy atom. The minimum absolute atomic E-state index is 0.0180. The summed E-state index contributed by atoms with van der Waals surface area (Å²) in [4.78, 5) is 11.9. The highest BCUT2D eigenvalue weighted by Crippen LogP contribution is 2.20. The molecule has 1 heterocycles. The molecule has 0 bridgehead atoms. The van der Waals surface area contributed by atoms with E-state index in [2.05, 4.69) is 10.6 Å². The van der Waals surface area contributed by atoms with Gasteiger partial charge in [0, 0.05) is 19.7 Å². The number of nitrogens with one attached hydrogen (secondary N) is 2. The molecule has 1 aliphatic heterocycles. The molecule has 1 aromatic carbocycles. The van der Waals surface area contributed by atoms with E-state index in [1.54, 1.807) is 7.11 Å². The van der Waals surface area contributed by atoms with Crippen molar-refractivity contribution in [2.75, 3.05) is 26.8 Å². The van der Waals surface area contributed by atoms with E-state index in [1.807, 2.05) is 0 Å². The average Bonchev–Trinajstić information content (AvgIpc) is 2.49. The molecule has 0 spiro atoms. The predicted octanol–water partition coefficient (Wildman–Crippen LogP) is 1.35. The van der Waals surface area contributed by atoms with Crippen LogP contribution in [-0.4, -0.2) is 44.9 Å². The van der Waals surface area contributed by atoms with Gasteiger partial charge in [0.25, 0.3) is 5.91 Å². The lowest BCUT2D eigenvalue weighted by atomic mass is 10.0. The summed E-state index contributed by atoms with van der Waals surface area (Å²) in [5, 5.41) is 6.08. The number of amides is 1. The fraction of sp³-hybridized carbons (Fsp3) is 0.500. The summed E-state index contributed by atoms with van der Waals surface area (Å²) in [6.07, 6.45) is 0.732. The zero-order chi connectivity index (χ0) is 15.2. The van der Waals surface area contributed by atoms with Gasteiger partial charge >= 0.3 is 0 Å². The molecule has 5 nitrogen and oxygen atoms in total. The third-order valence-electron chi connectivity index (χ3n) is 3.34. The maximum atomic E-state index is 13.2. The molecule has 1 fully saturated rings. The van der Waals surface area contributed by atoms with E-state index in [0.717, 1.165) is 19.0 Å². The van der Waals surface area contributed by atoms with Crippen molar-refractivity contribution in [3.8, 4) is 5.75 Å². The minimum Gasteiger partial charge on any atom is -0.484 e. The summed E-state index contributed by atoms with van der Waals surface area (Å²) < 4.78 is 23.8. The number of hydrogen-bond donors (Lipinski definition) is 2. The Morgan fingerprint density at radius 1 is 1.57 bits per heavy atom. The lowest BCUT2D eigenvalue weighted by Gasteiger charge is -2.31. The summed E-state index contributed by atoms with van der Waals surface area (Å²) in [5.41, 5.74) is 0. The van der Waals surface area contributed by atoms with Gasteiger partial charge in [0.15, 0.2) is 6.61 Å². The van der Waals surface area contributed by atoms with Crippen molar-refractivity contribution >= 4 is 17.5 Å². The Morgan fingerprint density at radius 2 is 2.38 bits per heavy atom. The highest BCUT2D eigenvalue weighted by Gasteiger charge is 2.26. The van der Waals surface area contributed by atoms with Gasteiger partial charge in [-0.25, -0.2) is 4.39 Å². The van der Waals surface area contributed by atoms with Gasteiger partial charge in [0.05, 0.1) is 17.2 Å². The van der Waals surface area contributed by atoms with Crippen LogP contribution in [0.1, 0.15) is 6.42 Å². The number of rotatable bonds is 5. The van der Waals surface area contributed by atoms with E-state index in [4.69, 9.17) is 21.1 Å². The first-order chi connectivity index (χ1) is 10.1. The maximum absolute atomic E-state index is 13.2. The molecule has 2 rings (SSSR count). The zero-order valence-corrected chi connectivity index (χ0v) is 12.5. The molecule has 0 unspecified atom stereocenters. The van der Waals surface area contributed by atoms with Gasteiger partial charge in [0.1, 0.15) is 11.6 Å². The van der Waals surface area contributed by atoms with E-state index in [9.17, 15) is 9.18 Å². The van der Waals surface area contributed by atoms with Crippen molar-refractivity contribution in [3.05, 3.63) is 29.0 Å². The molecule has 0 aromatic heterocycles. The summed E-state index contributed by atoms with van der Waals surface area (Å²) >= 11 is 5.57. The second kappa shape index (κ2) is 7.59. The lowest BCUT2D eigenvalue weighted by Crippen LogP contribution is -2.54. The number of benzene rings is 1. The summed E-state index contributed by atoms with van der Waals surface area (Å²) in [5.74, 6) is -0.577. The van der Waals surface area contributed by atoms with Gasteiger partial charge in [-0.1, -0.05) is 11.6 Å². The smallest absolute Gasteiger partial charge is 0.258 e. The Hall–Kier alpha value is -1.37. The number of hydrogen-bond acceptors (Lipinski definition) is 4. The number of carbonyl (C=O) groups is 1. The minimum atomic E-state index is -0.577. The molecular formula is C14H18ClFN2O3. The fourth-order valence-corrected chi connectivity index (χ4v) is 2.32. The molecule has 0 radical (unpaired) electrons. The number of piperidine rings is 1. The quantitative estimate of drug-likeness (QED) is 0.861. The van der Waals surface area contributed by atoms with Crippen molar-refractivity contribution in [2.24, 2.45) is 0 Å². The fourth-order valence-electron chi connectivity index (χ4n) is 2.21. The number of carbonyl (C=O) groups excluding carboxylic acids is 1. The summed E-state index contributed by atoms with van der Waals surface area (Å²) in [6, 6.07) is 4.01. The molecule has 1 saturated heterocycles. The summed E-state index contributed by atoms with van der Waals surface area (Å²) in [7, 11) is 1.61. The monoisotopic (exact) mass is 316 g/mol. The van der Waals surface area contributed by atoms with Gasteiger partial charge in [-0.2, -0.15) is 0 Å². The predicted molar refractivity (Wildman–Crippen MR) is 77.1 cm³/mol. The van der Waals surface area contributed by atoms with E-state index < -0.39 is 5.82 Å². The normalized spacial score (nSPS) is 21.9. The Kier molecular flexibility index (Phi) is 5.78. The van der Waals surface area contributed by atoms with Crippen LogP contribution in [0, 0.1) is 5.82 Å². The van der Waals surface area contributed by atoms with Gasteiger partial charge in [-0.15, -0.1) is 0 Å². The Labute approximate surface area is 127 Å². The molecule has 0 aliphatic carbocycles. The van der Waals surface area contributed by atoms with Crippen LogP contribution >= 0.6 is 11.6 Å². The molecule has 21 heavy (non-hydrogen) atoms. The van der Waals surface area contributed by atoms with E-state index >= 15 is 0 Å². The van der Waals surface area contributed by atoms with Crippen LogP contribution in [-0.2, 0) is 9.53 Å². The van der Waals surface area contributed by atoms with Crippen LogP contribution < -0.4 is 15.4 Å². The van der Waals surface area contributed by atoms with Crippen LogP contribution in [0.5, 0.6) is 5.75 Å². The molecule has 116 valence electrons. The molecular weight excluding hydrogens is 299 g/mol. The highest BCUT2D eigenvalue weighted by molar-refractivity contribution is 6.30. The number of ether oxygens (including phenoxy) is 2. The SMILES string of the molecule is CO[C@@H]1CNCC[C@@H]1NC(=O)COc1ccc(Cl)c(F)c1. The first-order valence-corrected chi connectivity index (χ1v) is 7.08. The molecule has 2 atom stereocenters. The van der Waals surface area contributed by atoms with Crippen molar-refractivity contribution in [2.45, 2.75) is 18.6 Å². The van der Waals surface area contributed by atoms with Crippen molar-refractivity contribution < 1.29 is 18.7 Å². The molecule has 2 N–H and O–H groups in total. The van der Waals surface area contributed by atoms with Gasteiger partial charge < -0.3 is 20.1 Å². The van der Waals surface area contributed by atoms with Gasteiger partial charge in [-0.05, 0) is 25.1 Å². The second-order valence-electron chi connectivity index (χ2n) is 4.81. The topological polar surface area (TPSA) is 59.6 Å². The van der Waals surface area contributed by atoms with E-state index in [1.165, 1.54) is 12.1 Å². The maximum Gasteiger partial charge on any atom is 0.258 e. The van der Waals surface area contributed by atoms with Crippen LogP contribution in [0.4, 0.5) is 4.39 Å². The van der Waals surface area contributed by atoms with Crippen LogP contribution in [0.25, 0.3) is 0 Å². The average molecular weight is 317 g/mol. The molecule has 7 heteroatoms.